The summed E-state index contributed by atoms with van der Waals surface area (Å²) in [6, 6.07) is 14.5. The Balaban J connectivity index is 1.64. The van der Waals surface area contributed by atoms with Crippen molar-refractivity contribution in [2.75, 3.05) is 20.6 Å². The topological polar surface area (TPSA) is 29.8 Å². The highest BCUT2D eigenvalue weighted by Crippen LogP contribution is 2.36. The summed E-state index contributed by atoms with van der Waals surface area (Å²) < 4.78 is 2.21. The molecule has 0 saturated heterocycles. The van der Waals surface area contributed by atoms with Gasteiger partial charge in [-0.2, -0.15) is 0 Å². The lowest BCUT2D eigenvalue weighted by Crippen LogP contribution is -2.17. The fourth-order valence-corrected chi connectivity index (χ4v) is 4.35. The molecule has 3 heterocycles. The van der Waals surface area contributed by atoms with E-state index in [0.717, 1.165) is 29.9 Å². The van der Waals surface area contributed by atoms with E-state index in [1.165, 1.54) is 16.1 Å². The highest BCUT2D eigenvalue weighted by molar-refractivity contribution is 7.13. The fraction of sp³-hybridized carbons (Fsp3) is 0.286. The Morgan fingerprint density at radius 2 is 1.96 bits per heavy atom. The van der Waals surface area contributed by atoms with Gasteiger partial charge >= 0.3 is 0 Å². The minimum atomic E-state index is -0.0559. The molecule has 2 aromatic heterocycles. The summed E-state index contributed by atoms with van der Waals surface area (Å²) in [5, 5.41) is 6.82. The highest BCUT2D eigenvalue weighted by atomic mass is 32.1. The monoisotopic (exact) mass is 365 g/mol. The molecule has 4 nitrogen and oxygen atoms in total. The van der Waals surface area contributed by atoms with Crippen molar-refractivity contribution in [1.82, 2.24) is 9.47 Å². The van der Waals surface area contributed by atoms with E-state index in [2.05, 4.69) is 83.6 Å². The third-order valence-corrected chi connectivity index (χ3v) is 5.76. The number of aromatic nitrogens is 1. The average Bonchev–Trinajstić information content (AvgIpc) is 3.30. The SMILES string of the molecule is Cc1csc2c1-n1cccc1C2=NOC(CCN(C)C)c1ccccc1. The van der Waals surface area contributed by atoms with Crippen molar-refractivity contribution in [3.8, 4) is 5.69 Å². The largest absolute Gasteiger partial charge is 0.387 e. The van der Waals surface area contributed by atoms with Gasteiger partial charge in [-0.1, -0.05) is 35.5 Å². The smallest absolute Gasteiger partial charge is 0.153 e. The maximum absolute atomic E-state index is 6.11. The zero-order valence-electron chi connectivity index (χ0n) is 15.3. The normalized spacial score (nSPS) is 15.3. The van der Waals surface area contributed by atoms with Gasteiger partial charge in [-0.05, 0) is 49.7 Å². The van der Waals surface area contributed by atoms with E-state index in [0.29, 0.717) is 0 Å². The first-order valence-corrected chi connectivity index (χ1v) is 9.73. The Hall–Kier alpha value is -2.37. The minimum Gasteiger partial charge on any atom is -0.387 e. The molecular formula is C21H23N3OS. The van der Waals surface area contributed by atoms with Crippen molar-refractivity contribution in [2.45, 2.75) is 19.4 Å². The molecule has 0 saturated carbocycles. The van der Waals surface area contributed by atoms with Gasteiger partial charge in [0.2, 0.25) is 0 Å². The molecule has 0 amide bonds. The molecule has 1 aromatic carbocycles. The first-order valence-electron chi connectivity index (χ1n) is 8.85. The number of aryl methyl sites for hydroxylation is 1. The lowest BCUT2D eigenvalue weighted by Gasteiger charge is -2.18. The van der Waals surface area contributed by atoms with Crippen molar-refractivity contribution in [1.29, 1.82) is 0 Å². The maximum atomic E-state index is 6.11. The average molecular weight is 366 g/mol. The van der Waals surface area contributed by atoms with E-state index in [1.807, 2.05) is 6.07 Å². The molecule has 1 unspecified atom stereocenters. The summed E-state index contributed by atoms with van der Waals surface area (Å²) in [5.41, 5.74) is 5.72. The number of fused-ring (bicyclic) bond motifs is 3. The molecule has 134 valence electrons. The van der Waals surface area contributed by atoms with Gasteiger partial charge in [-0.25, -0.2) is 0 Å². The second-order valence-corrected chi connectivity index (χ2v) is 7.78. The molecule has 3 aromatic rings. The number of oxime groups is 1. The van der Waals surface area contributed by atoms with Gasteiger partial charge in [0.1, 0.15) is 5.71 Å². The van der Waals surface area contributed by atoms with Gasteiger partial charge in [0.05, 0.1) is 16.3 Å². The summed E-state index contributed by atoms with van der Waals surface area (Å²) in [4.78, 5) is 9.48. The quantitative estimate of drug-likeness (QED) is 0.467. The molecule has 0 radical (unpaired) electrons. The molecule has 26 heavy (non-hydrogen) atoms. The highest BCUT2D eigenvalue weighted by Gasteiger charge is 2.28. The molecular weight excluding hydrogens is 342 g/mol. The fourth-order valence-electron chi connectivity index (χ4n) is 3.32. The van der Waals surface area contributed by atoms with E-state index in [9.17, 15) is 0 Å². The summed E-state index contributed by atoms with van der Waals surface area (Å²) in [7, 11) is 4.16. The third-order valence-electron chi connectivity index (χ3n) is 4.67. The zero-order chi connectivity index (χ0) is 18.1. The lowest BCUT2D eigenvalue weighted by molar-refractivity contribution is 0.0474. The molecule has 1 aliphatic heterocycles. The predicted molar refractivity (Wildman–Crippen MR) is 107 cm³/mol. The first kappa shape index (κ1) is 17.1. The van der Waals surface area contributed by atoms with E-state index >= 15 is 0 Å². The van der Waals surface area contributed by atoms with Crippen LogP contribution in [0.15, 0.2) is 59.2 Å². The van der Waals surface area contributed by atoms with Gasteiger partial charge in [-0.15, -0.1) is 11.3 Å². The van der Waals surface area contributed by atoms with E-state index in [1.54, 1.807) is 11.3 Å². The predicted octanol–water partition coefficient (Wildman–Crippen LogP) is 4.62. The van der Waals surface area contributed by atoms with Crippen LogP contribution in [0.2, 0.25) is 0 Å². The van der Waals surface area contributed by atoms with Gasteiger partial charge < -0.3 is 14.3 Å². The number of nitrogens with zero attached hydrogens (tertiary/aromatic N) is 3. The van der Waals surface area contributed by atoms with Crippen molar-refractivity contribution in [3.05, 3.63) is 75.7 Å². The van der Waals surface area contributed by atoms with E-state index in [-0.39, 0.29) is 6.10 Å². The molecule has 0 N–H and O–H groups in total. The summed E-state index contributed by atoms with van der Waals surface area (Å²) in [5.74, 6) is 0. The molecule has 1 aliphatic rings. The van der Waals surface area contributed by atoms with Gasteiger partial charge in [0.15, 0.2) is 6.10 Å². The van der Waals surface area contributed by atoms with Gasteiger partial charge in [0.25, 0.3) is 0 Å². The Morgan fingerprint density at radius 1 is 1.15 bits per heavy atom. The molecule has 0 fully saturated rings. The van der Waals surface area contributed by atoms with Crippen LogP contribution in [0.5, 0.6) is 0 Å². The summed E-state index contributed by atoms with van der Waals surface area (Å²) >= 11 is 1.73. The molecule has 4 rings (SSSR count). The summed E-state index contributed by atoms with van der Waals surface area (Å²) in [6.45, 7) is 3.09. The van der Waals surface area contributed by atoms with Crippen LogP contribution in [0.1, 0.15) is 34.2 Å². The molecule has 0 bridgehead atoms. The van der Waals surface area contributed by atoms with Crippen LogP contribution in [-0.2, 0) is 4.84 Å². The Kier molecular flexibility index (Phi) is 4.66. The van der Waals surface area contributed by atoms with Crippen molar-refractivity contribution >= 4 is 17.0 Å². The van der Waals surface area contributed by atoms with Crippen LogP contribution in [-0.4, -0.2) is 35.8 Å². The van der Waals surface area contributed by atoms with Crippen LogP contribution in [0, 0.1) is 6.92 Å². The Morgan fingerprint density at radius 3 is 2.73 bits per heavy atom. The Labute approximate surface area is 158 Å². The zero-order valence-corrected chi connectivity index (χ0v) is 16.2. The second-order valence-electron chi connectivity index (χ2n) is 6.90. The molecule has 0 spiro atoms. The van der Waals surface area contributed by atoms with Gasteiger partial charge in [0, 0.05) is 19.2 Å². The van der Waals surface area contributed by atoms with Crippen LogP contribution in [0.4, 0.5) is 0 Å². The van der Waals surface area contributed by atoms with Crippen molar-refractivity contribution in [3.63, 3.8) is 0 Å². The van der Waals surface area contributed by atoms with Crippen molar-refractivity contribution in [2.24, 2.45) is 5.16 Å². The lowest BCUT2D eigenvalue weighted by atomic mass is 10.1. The van der Waals surface area contributed by atoms with Gasteiger partial charge in [-0.3, -0.25) is 0 Å². The van der Waals surface area contributed by atoms with Crippen LogP contribution in [0.3, 0.4) is 0 Å². The number of thiophene rings is 1. The van der Waals surface area contributed by atoms with Crippen LogP contribution in [0.25, 0.3) is 5.69 Å². The number of benzene rings is 1. The third kappa shape index (κ3) is 3.08. The molecule has 5 heteroatoms. The number of hydrogen-bond acceptors (Lipinski definition) is 4. The van der Waals surface area contributed by atoms with E-state index < -0.39 is 0 Å². The van der Waals surface area contributed by atoms with Crippen molar-refractivity contribution < 1.29 is 4.84 Å². The maximum Gasteiger partial charge on any atom is 0.153 e. The van der Waals surface area contributed by atoms with E-state index in [4.69, 9.17) is 4.84 Å². The number of hydrogen-bond donors (Lipinski definition) is 0. The first-order chi connectivity index (χ1) is 12.6. The minimum absolute atomic E-state index is 0.0559. The molecule has 1 atom stereocenters. The summed E-state index contributed by atoms with van der Waals surface area (Å²) in [6.07, 6.45) is 2.93. The standard InChI is InChI=1S/C21H23N3OS/c1-15-14-26-21-19(17-10-7-12-24(17)20(15)21)22-25-18(11-13-23(2)3)16-8-5-4-6-9-16/h4-10,12,14,18H,11,13H2,1-3H3. The second kappa shape index (κ2) is 7.09. The van der Waals surface area contributed by atoms with Crippen LogP contribution >= 0.6 is 11.3 Å². The molecule has 0 aliphatic carbocycles. The van der Waals surface area contributed by atoms with Crippen LogP contribution < -0.4 is 0 Å². The Bertz CT molecular complexity index is 924. The number of rotatable bonds is 6.